The number of hydrogen-bond donors (Lipinski definition) is 2. The van der Waals surface area contributed by atoms with Crippen LogP contribution in [0.25, 0.3) is 0 Å². The Balaban J connectivity index is 1.99. The third-order valence-electron chi connectivity index (χ3n) is 4.33. The molecule has 1 fully saturated rings. The fraction of sp³-hybridized carbons (Fsp3) is 0.625. The summed E-state index contributed by atoms with van der Waals surface area (Å²) in [5, 5.41) is 13.6. The Hall–Kier alpha value is -0.670. The topological polar surface area (TPSA) is 32.3 Å². The summed E-state index contributed by atoms with van der Waals surface area (Å²) in [5.41, 5.74) is 2.10. The first-order chi connectivity index (χ1) is 9.06. The molecule has 1 aromatic carbocycles. The average molecular weight is 279 g/mol. The van der Waals surface area contributed by atoms with Gasteiger partial charge in [-0.3, -0.25) is 0 Å². The van der Waals surface area contributed by atoms with Crippen molar-refractivity contribution in [1.82, 2.24) is 5.32 Å². The van der Waals surface area contributed by atoms with Gasteiger partial charge in [0, 0.05) is 22.9 Å². The number of phenolic OH excluding ortho intramolecular Hbond substituents is 1. The van der Waals surface area contributed by atoms with Crippen LogP contribution in [-0.4, -0.2) is 22.7 Å². The van der Waals surface area contributed by atoms with Gasteiger partial charge in [0.05, 0.1) is 0 Å². The zero-order chi connectivity index (χ0) is 13.9. The van der Waals surface area contributed by atoms with Gasteiger partial charge < -0.3 is 10.4 Å². The second-order valence-electron chi connectivity index (χ2n) is 5.76. The molecule has 1 saturated carbocycles. The van der Waals surface area contributed by atoms with Gasteiger partial charge in [0.25, 0.3) is 0 Å². The summed E-state index contributed by atoms with van der Waals surface area (Å²) in [6, 6.07) is 6.13. The largest absolute Gasteiger partial charge is 0.508 e. The summed E-state index contributed by atoms with van der Waals surface area (Å²) in [6.45, 7) is 5.17. The Kier molecular flexibility index (Phi) is 4.80. The molecule has 0 aromatic heterocycles. The molecule has 0 heterocycles. The van der Waals surface area contributed by atoms with Crippen molar-refractivity contribution < 1.29 is 5.11 Å². The summed E-state index contributed by atoms with van der Waals surface area (Å²) in [6.07, 6.45) is 7.56. The SMILES string of the molecule is CSC1(CNC(C)c2ccc(C)cc2O)CCCC1. The van der Waals surface area contributed by atoms with Crippen LogP contribution in [0.3, 0.4) is 0 Å². The van der Waals surface area contributed by atoms with E-state index in [2.05, 4.69) is 24.6 Å². The number of benzene rings is 1. The van der Waals surface area contributed by atoms with Crippen LogP contribution in [-0.2, 0) is 0 Å². The van der Waals surface area contributed by atoms with Crippen molar-refractivity contribution in [3.05, 3.63) is 29.3 Å². The van der Waals surface area contributed by atoms with E-state index in [0.717, 1.165) is 17.7 Å². The summed E-state index contributed by atoms with van der Waals surface area (Å²) in [5.74, 6) is 0.407. The highest BCUT2D eigenvalue weighted by Crippen LogP contribution is 2.40. The Morgan fingerprint density at radius 1 is 1.37 bits per heavy atom. The lowest BCUT2D eigenvalue weighted by Gasteiger charge is -2.29. The monoisotopic (exact) mass is 279 g/mol. The second kappa shape index (κ2) is 6.19. The standard InChI is InChI=1S/C16H25NOS/c1-12-6-7-14(15(18)10-12)13(2)17-11-16(19-3)8-4-5-9-16/h6-7,10,13,17-18H,4-5,8-9,11H2,1-3H3. The minimum absolute atomic E-state index is 0.199. The van der Waals surface area contributed by atoms with Gasteiger partial charge in [0.2, 0.25) is 0 Å². The molecule has 0 spiro atoms. The maximum absolute atomic E-state index is 10.0. The molecule has 0 amide bonds. The summed E-state index contributed by atoms with van der Waals surface area (Å²) in [4.78, 5) is 0. The number of thioether (sulfide) groups is 1. The number of hydrogen-bond acceptors (Lipinski definition) is 3. The van der Waals surface area contributed by atoms with Gasteiger partial charge in [-0.2, -0.15) is 11.8 Å². The molecular weight excluding hydrogens is 254 g/mol. The van der Waals surface area contributed by atoms with E-state index < -0.39 is 0 Å². The average Bonchev–Trinajstić information content (AvgIpc) is 2.85. The van der Waals surface area contributed by atoms with Crippen LogP contribution in [0.1, 0.15) is 49.8 Å². The van der Waals surface area contributed by atoms with Crippen LogP contribution in [0.5, 0.6) is 5.75 Å². The fourth-order valence-corrected chi connectivity index (χ4v) is 3.87. The van der Waals surface area contributed by atoms with Crippen LogP contribution in [0, 0.1) is 6.92 Å². The van der Waals surface area contributed by atoms with Crippen molar-refractivity contribution >= 4 is 11.8 Å². The molecule has 1 unspecified atom stereocenters. The van der Waals surface area contributed by atoms with Crippen LogP contribution < -0.4 is 5.32 Å². The van der Waals surface area contributed by atoms with Crippen LogP contribution >= 0.6 is 11.8 Å². The van der Waals surface area contributed by atoms with Crippen LogP contribution in [0.4, 0.5) is 0 Å². The third kappa shape index (κ3) is 3.46. The first-order valence-corrected chi connectivity index (χ1v) is 8.37. The van der Waals surface area contributed by atoms with Crippen LogP contribution in [0.2, 0.25) is 0 Å². The molecule has 0 bridgehead atoms. The van der Waals surface area contributed by atoms with Crippen molar-refractivity contribution in [1.29, 1.82) is 0 Å². The molecule has 1 aliphatic rings. The highest BCUT2D eigenvalue weighted by Gasteiger charge is 2.33. The van der Waals surface area contributed by atoms with E-state index in [-0.39, 0.29) is 6.04 Å². The number of rotatable bonds is 5. The predicted molar refractivity (Wildman–Crippen MR) is 84.0 cm³/mol. The molecule has 0 saturated heterocycles. The summed E-state index contributed by atoms with van der Waals surface area (Å²) in [7, 11) is 0. The molecule has 2 N–H and O–H groups in total. The Morgan fingerprint density at radius 3 is 2.63 bits per heavy atom. The van der Waals surface area contributed by atoms with E-state index in [1.165, 1.54) is 25.7 Å². The second-order valence-corrected chi connectivity index (χ2v) is 7.03. The zero-order valence-electron chi connectivity index (χ0n) is 12.2. The minimum atomic E-state index is 0.199. The normalized spacial score (nSPS) is 19.5. The van der Waals surface area contributed by atoms with E-state index in [4.69, 9.17) is 0 Å². The van der Waals surface area contributed by atoms with Gasteiger partial charge >= 0.3 is 0 Å². The molecule has 2 rings (SSSR count). The molecule has 1 aromatic rings. The lowest BCUT2D eigenvalue weighted by atomic mass is 10.0. The predicted octanol–water partition coefficient (Wildman–Crippen LogP) is 4.03. The van der Waals surface area contributed by atoms with Gasteiger partial charge in [-0.15, -0.1) is 0 Å². The fourth-order valence-electron chi connectivity index (χ4n) is 2.94. The Bertz CT molecular complexity index is 427. The highest BCUT2D eigenvalue weighted by atomic mass is 32.2. The van der Waals surface area contributed by atoms with Crippen molar-refractivity contribution in [2.24, 2.45) is 0 Å². The van der Waals surface area contributed by atoms with Crippen molar-refractivity contribution in [2.45, 2.75) is 50.3 Å². The van der Waals surface area contributed by atoms with E-state index in [9.17, 15) is 5.11 Å². The summed E-state index contributed by atoms with van der Waals surface area (Å²) < 4.78 is 0.411. The number of aromatic hydroxyl groups is 1. The van der Waals surface area contributed by atoms with E-state index in [1.807, 2.05) is 30.8 Å². The molecule has 3 heteroatoms. The first-order valence-electron chi connectivity index (χ1n) is 7.14. The highest BCUT2D eigenvalue weighted by molar-refractivity contribution is 8.00. The summed E-state index contributed by atoms with van der Waals surface area (Å²) >= 11 is 2.00. The molecule has 106 valence electrons. The maximum Gasteiger partial charge on any atom is 0.120 e. The molecule has 0 aliphatic heterocycles. The van der Waals surface area contributed by atoms with Crippen LogP contribution in [0.15, 0.2) is 18.2 Å². The zero-order valence-corrected chi connectivity index (χ0v) is 13.0. The minimum Gasteiger partial charge on any atom is -0.508 e. The van der Waals surface area contributed by atoms with Crippen molar-refractivity contribution in [2.75, 3.05) is 12.8 Å². The Labute approximate surface area is 121 Å². The van der Waals surface area contributed by atoms with Gasteiger partial charge in [0.15, 0.2) is 0 Å². The molecule has 19 heavy (non-hydrogen) atoms. The van der Waals surface area contributed by atoms with Gasteiger partial charge in [0.1, 0.15) is 5.75 Å². The van der Waals surface area contributed by atoms with Crippen molar-refractivity contribution in [3.8, 4) is 5.75 Å². The number of nitrogens with one attached hydrogen (secondary N) is 1. The molecule has 1 aliphatic carbocycles. The van der Waals surface area contributed by atoms with Gasteiger partial charge in [-0.25, -0.2) is 0 Å². The van der Waals surface area contributed by atoms with E-state index in [0.29, 0.717) is 10.5 Å². The van der Waals surface area contributed by atoms with Gasteiger partial charge in [-0.1, -0.05) is 25.0 Å². The number of phenols is 1. The molecular formula is C16H25NOS. The maximum atomic E-state index is 10.0. The lowest BCUT2D eigenvalue weighted by Crippen LogP contribution is -2.36. The van der Waals surface area contributed by atoms with Crippen molar-refractivity contribution in [3.63, 3.8) is 0 Å². The molecule has 2 nitrogen and oxygen atoms in total. The quantitative estimate of drug-likeness (QED) is 0.853. The molecule has 0 radical (unpaired) electrons. The van der Waals surface area contributed by atoms with E-state index >= 15 is 0 Å². The number of aryl methyl sites for hydroxylation is 1. The first kappa shape index (κ1) is 14.7. The third-order valence-corrected chi connectivity index (χ3v) is 5.75. The smallest absolute Gasteiger partial charge is 0.120 e. The van der Waals surface area contributed by atoms with Gasteiger partial charge in [-0.05, 0) is 44.6 Å². The molecule has 1 atom stereocenters. The lowest BCUT2D eigenvalue weighted by molar-refractivity contribution is 0.440. The van der Waals surface area contributed by atoms with E-state index in [1.54, 1.807) is 0 Å². The Morgan fingerprint density at radius 2 is 2.05 bits per heavy atom.